The van der Waals surface area contributed by atoms with Gasteiger partial charge in [0.2, 0.25) is 5.88 Å². The molecule has 0 spiro atoms. The molecule has 0 atom stereocenters. The molecule has 0 fully saturated rings. The Morgan fingerprint density at radius 3 is 2.80 bits per heavy atom. The van der Waals surface area contributed by atoms with Crippen LogP contribution in [0.1, 0.15) is 10.5 Å². The lowest BCUT2D eigenvalue weighted by Crippen LogP contribution is -1.90. The Bertz CT molecular complexity index is 262. The largest absolute Gasteiger partial charge is 0.493 e. The molecule has 0 aliphatic rings. The van der Waals surface area contributed by atoms with Crippen LogP contribution in [-0.2, 0) is 0 Å². The quantitative estimate of drug-likeness (QED) is 0.587. The van der Waals surface area contributed by atoms with Gasteiger partial charge in [0.25, 0.3) is 0 Å². The molecule has 1 heterocycles. The van der Waals surface area contributed by atoms with Crippen molar-refractivity contribution >= 4 is 6.29 Å². The molecule has 1 aromatic heterocycles. The van der Waals surface area contributed by atoms with E-state index in [2.05, 4.69) is 4.98 Å². The van der Waals surface area contributed by atoms with Gasteiger partial charge in [-0.2, -0.15) is 0 Å². The molecule has 3 nitrogen and oxygen atoms in total. The SMILES string of the molecule is O=Cc1nc(O)ccc1F. The first-order valence-electron chi connectivity index (χ1n) is 2.54. The van der Waals surface area contributed by atoms with Crippen molar-refractivity contribution in [2.75, 3.05) is 0 Å². The van der Waals surface area contributed by atoms with Gasteiger partial charge in [-0.15, -0.1) is 0 Å². The maximum absolute atomic E-state index is 12.4. The first kappa shape index (κ1) is 6.67. The third-order valence-corrected chi connectivity index (χ3v) is 0.970. The van der Waals surface area contributed by atoms with Crippen molar-refractivity contribution in [2.45, 2.75) is 0 Å². The number of hydrogen-bond donors (Lipinski definition) is 1. The van der Waals surface area contributed by atoms with Crippen molar-refractivity contribution in [3.05, 3.63) is 23.6 Å². The van der Waals surface area contributed by atoms with Crippen molar-refractivity contribution in [2.24, 2.45) is 0 Å². The first-order valence-corrected chi connectivity index (χ1v) is 2.54. The number of nitrogens with zero attached hydrogens (tertiary/aromatic N) is 1. The van der Waals surface area contributed by atoms with Crippen molar-refractivity contribution < 1.29 is 14.3 Å². The van der Waals surface area contributed by atoms with E-state index >= 15 is 0 Å². The number of aromatic nitrogens is 1. The summed E-state index contributed by atoms with van der Waals surface area (Å²) in [6.45, 7) is 0. The summed E-state index contributed by atoms with van der Waals surface area (Å²) in [6.07, 6.45) is 0.245. The Morgan fingerprint density at radius 1 is 1.60 bits per heavy atom. The summed E-state index contributed by atoms with van der Waals surface area (Å²) in [7, 11) is 0. The maximum Gasteiger partial charge on any atom is 0.211 e. The van der Waals surface area contributed by atoms with E-state index in [1.54, 1.807) is 0 Å². The van der Waals surface area contributed by atoms with E-state index in [1.807, 2.05) is 0 Å². The molecule has 4 heteroatoms. The van der Waals surface area contributed by atoms with E-state index in [0.717, 1.165) is 12.1 Å². The minimum Gasteiger partial charge on any atom is -0.493 e. The molecule has 0 unspecified atom stereocenters. The summed E-state index contributed by atoms with van der Waals surface area (Å²) in [5.74, 6) is -1.09. The second kappa shape index (κ2) is 2.43. The van der Waals surface area contributed by atoms with Crippen LogP contribution in [0.2, 0.25) is 0 Å². The Balaban J connectivity index is 3.21. The molecule has 0 saturated carbocycles. The van der Waals surface area contributed by atoms with E-state index in [-0.39, 0.29) is 17.9 Å². The highest BCUT2D eigenvalue weighted by atomic mass is 19.1. The number of aromatic hydroxyl groups is 1. The molecule has 0 aromatic carbocycles. The maximum atomic E-state index is 12.4. The zero-order valence-corrected chi connectivity index (χ0v) is 4.91. The molecule has 10 heavy (non-hydrogen) atoms. The Morgan fingerprint density at radius 2 is 2.30 bits per heavy atom. The summed E-state index contributed by atoms with van der Waals surface area (Å²) in [4.78, 5) is 13.2. The zero-order valence-electron chi connectivity index (χ0n) is 4.91. The lowest BCUT2D eigenvalue weighted by molar-refractivity contribution is 0.111. The Labute approximate surface area is 56.1 Å². The van der Waals surface area contributed by atoms with Gasteiger partial charge in [-0.3, -0.25) is 4.79 Å². The third kappa shape index (κ3) is 1.10. The number of hydrogen-bond acceptors (Lipinski definition) is 3. The summed E-state index contributed by atoms with van der Waals surface area (Å²) >= 11 is 0. The van der Waals surface area contributed by atoms with Gasteiger partial charge in [-0.1, -0.05) is 0 Å². The normalized spacial score (nSPS) is 9.30. The topological polar surface area (TPSA) is 50.2 Å². The van der Waals surface area contributed by atoms with Crippen LogP contribution in [0.3, 0.4) is 0 Å². The monoisotopic (exact) mass is 141 g/mol. The fraction of sp³-hybridized carbons (Fsp3) is 0. The van der Waals surface area contributed by atoms with Crippen LogP contribution in [0.15, 0.2) is 12.1 Å². The van der Waals surface area contributed by atoms with Crippen LogP contribution in [0.4, 0.5) is 4.39 Å². The van der Waals surface area contributed by atoms with E-state index in [9.17, 15) is 9.18 Å². The minimum atomic E-state index is -0.729. The molecule has 0 saturated heterocycles. The highest BCUT2D eigenvalue weighted by molar-refractivity contribution is 5.72. The molecule has 0 bridgehead atoms. The van der Waals surface area contributed by atoms with E-state index in [0.29, 0.717) is 0 Å². The summed E-state index contributed by atoms with van der Waals surface area (Å²) in [5, 5.41) is 8.63. The fourth-order valence-corrected chi connectivity index (χ4v) is 0.530. The van der Waals surface area contributed by atoms with Crippen molar-refractivity contribution in [1.29, 1.82) is 0 Å². The lowest BCUT2D eigenvalue weighted by atomic mass is 10.3. The van der Waals surface area contributed by atoms with Crippen molar-refractivity contribution in [1.82, 2.24) is 4.98 Å². The Kier molecular flexibility index (Phi) is 1.62. The number of carbonyl (C=O) groups excluding carboxylic acids is 1. The van der Waals surface area contributed by atoms with Gasteiger partial charge in [0.15, 0.2) is 12.1 Å². The van der Waals surface area contributed by atoms with Gasteiger partial charge in [-0.05, 0) is 6.07 Å². The molecular weight excluding hydrogens is 137 g/mol. The summed E-state index contributed by atoms with van der Waals surface area (Å²) in [6, 6.07) is 2.05. The number of rotatable bonds is 1. The first-order chi connectivity index (χ1) is 4.74. The van der Waals surface area contributed by atoms with Crippen LogP contribution < -0.4 is 0 Å². The van der Waals surface area contributed by atoms with Gasteiger partial charge >= 0.3 is 0 Å². The van der Waals surface area contributed by atoms with Crippen LogP contribution in [0.25, 0.3) is 0 Å². The predicted molar refractivity (Wildman–Crippen MR) is 31.2 cm³/mol. The lowest BCUT2D eigenvalue weighted by Gasteiger charge is -1.92. The van der Waals surface area contributed by atoms with Crippen LogP contribution in [0, 0.1) is 5.82 Å². The van der Waals surface area contributed by atoms with Crippen molar-refractivity contribution in [3.63, 3.8) is 0 Å². The molecule has 0 aliphatic heterocycles. The summed E-state index contributed by atoms with van der Waals surface area (Å²) in [5.41, 5.74) is -0.375. The molecule has 52 valence electrons. The molecule has 0 aliphatic carbocycles. The minimum absolute atomic E-state index is 0.245. The number of carbonyl (C=O) groups is 1. The van der Waals surface area contributed by atoms with Gasteiger partial charge in [0, 0.05) is 6.07 Å². The molecule has 1 aromatic rings. The van der Waals surface area contributed by atoms with E-state index < -0.39 is 5.82 Å². The average molecular weight is 141 g/mol. The average Bonchev–Trinajstić information content (AvgIpc) is 1.94. The second-order valence-corrected chi connectivity index (χ2v) is 1.65. The highest BCUT2D eigenvalue weighted by Gasteiger charge is 2.01. The molecular formula is C6H4FNO2. The number of aldehydes is 1. The van der Waals surface area contributed by atoms with Gasteiger partial charge < -0.3 is 5.11 Å². The van der Waals surface area contributed by atoms with Crippen LogP contribution in [0.5, 0.6) is 5.88 Å². The predicted octanol–water partition coefficient (Wildman–Crippen LogP) is 0.739. The van der Waals surface area contributed by atoms with Gasteiger partial charge in [-0.25, -0.2) is 9.37 Å². The zero-order chi connectivity index (χ0) is 7.56. The fourth-order valence-electron chi connectivity index (χ4n) is 0.530. The number of pyridine rings is 1. The third-order valence-electron chi connectivity index (χ3n) is 0.970. The second-order valence-electron chi connectivity index (χ2n) is 1.65. The van der Waals surface area contributed by atoms with Crippen molar-refractivity contribution in [3.8, 4) is 5.88 Å². The molecule has 1 N–H and O–H groups in total. The Hall–Kier alpha value is -1.45. The van der Waals surface area contributed by atoms with Gasteiger partial charge in [0.05, 0.1) is 0 Å². The molecule has 0 amide bonds. The highest BCUT2D eigenvalue weighted by Crippen LogP contribution is 2.07. The standard InChI is InChI=1S/C6H4FNO2/c7-4-1-2-6(10)8-5(4)3-9/h1-3H,(H,8,10). The summed E-state index contributed by atoms with van der Waals surface area (Å²) < 4.78 is 12.4. The van der Waals surface area contributed by atoms with Crippen LogP contribution in [-0.4, -0.2) is 16.4 Å². The molecule has 0 radical (unpaired) electrons. The molecule has 1 rings (SSSR count). The van der Waals surface area contributed by atoms with E-state index in [4.69, 9.17) is 5.11 Å². The smallest absolute Gasteiger partial charge is 0.211 e. The van der Waals surface area contributed by atoms with E-state index in [1.165, 1.54) is 0 Å². The van der Waals surface area contributed by atoms with Gasteiger partial charge in [0.1, 0.15) is 5.69 Å². The number of halogens is 1. The van der Waals surface area contributed by atoms with Crippen LogP contribution >= 0.6 is 0 Å².